The minimum absolute atomic E-state index is 0.0572. The minimum Gasteiger partial charge on any atom is -0.356 e. The minimum atomic E-state index is 0.0572. The van der Waals surface area contributed by atoms with E-state index in [1.807, 2.05) is 45.2 Å². The van der Waals surface area contributed by atoms with Crippen molar-refractivity contribution in [1.29, 1.82) is 0 Å². The molecule has 0 aliphatic carbocycles. The Morgan fingerprint density at radius 1 is 1.35 bits per heavy atom. The number of nitrogens with one attached hydrogen (secondary N) is 2. The first-order chi connectivity index (χ1) is 15.0. The number of hydrogen-bond donors (Lipinski definition) is 3. The Morgan fingerprint density at radius 2 is 2.13 bits per heavy atom. The van der Waals surface area contributed by atoms with Gasteiger partial charge < -0.3 is 21.3 Å². The SMILES string of the molecule is CC.Cc1ccc(-c2ncc(CNC(=O)C3CNC3)c(N3CCC(CN)C3)n2)cc1Cl. The van der Waals surface area contributed by atoms with Crippen LogP contribution in [0.25, 0.3) is 11.4 Å². The number of amides is 1. The third kappa shape index (κ3) is 5.53. The van der Waals surface area contributed by atoms with Gasteiger partial charge in [0.2, 0.25) is 5.91 Å². The topological polar surface area (TPSA) is 96.2 Å². The lowest BCUT2D eigenvalue weighted by Gasteiger charge is -2.26. The van der Waals surface area contributed by atoms with Crippen molar-refractivity contribution in [2.45, 2.75) is 33.7 Å². The van der Waals surface area contributed by atoms with Gasteiger partial charge in [-0.05, 0) is 37.4 Å². The van der Waals surface area contributed by atoms with Crippen LogP contribution < -0.4 is 21.3 Å². The molecule has 168 valence electrons. The number of aromatic nitrogens is 2. The van der Waals surface area contributed by atoms with Crippen LogP contribution in [0.1, 0.15) is 31.4 Å². The molecular formula is C23H33ClN6O. The van der Waals surface area contributed by atoms with Crippen LogP contribution in [0.5, 0.6) is 0 Å². The molecule has 1 aromatic carbocycles. The molecule has 0 bridgehead atoms. The second-order valence-corrected chi connectivity index (χ2v) is 8.32. The van der Waals surface area contributed by atoms with Gasteiger partial charge in [0.1, 0.15) is 5.82 Å². The van der Waals surface area contributed by atoms with Gasteiger partial charge in [-0.1, -0.05) is 37.6 Å². The molecule has 0 radical (unpaired) electrons. The lowest BCUT2D eigenvalue weighted by atomic mass is 10.0. The van der Waals surface area contributed by atoms with E-state index in [0.29, 0.717) is 29.9 Å². The molecule has 2 aromatic rings. The molecular weight excluding hydrogens is 412 g/mol. The standard InChI is InChI=1S/C21H27ClN6O.C2H6/c1-13-2-3-15(6-18(13)22)19-25-10-16(11-26-21(29)17-8-24-9-17)20(27-19)28-5-4-14(7-23)12-28;1-2/h2-3,6,10,14,17,24H,4-5,7-9,11-12,23H2,1H3,(H,26,29);1-2H3. The van der Waals surface area contributed by atoms with E-state index < -0.39 is 0 Å². The van der Waals surface area contributed by atoms with Gasteiger partial charge in [0, 0.05) is 55.1 Å². The average molecular weight is 445 g/mol. The molecule has 2 fully saturated rings. The lowest BCUT2D eigenvalue weighted by molar-refractivity contribution is -0.126. The molecule has 1 amide bonds. The molecule has 2 aliphatic heterocycles. The fourth-order valence-electron chi connectivity index (χ4n) is 3.69. The highest BCUT2D eigenvalue weighted by molar-refractivity contribution is 6.31. The number of benzene rings is 1. The summed E-state index contributed by atoms with van der Waals surface area (Å²) in [4.78, 5) is 23.9. The Kier molecular flexibility index (Phi) is 8.23. The highest BCUT2D eigenvalue weighted by Gasteiger charge is 2.27. The Hall–Kier alpha value is -2.22. The Balaban J connectivity index is 0.00000132. The van der Waals surface area contributed by atoms with E-state index in [9.17, 15) is 4.79 Å². The Morgan fingerprint density at radius 3 is 2.74 bits per heavy atom. The smallest absolute Gasteiger partial charge is 0.225 e. The molecule has 0 saturated carbocycles. The van der Waals surface area contributed by atoms with Crippen molar-refractivity contribution in [3.8, 4) is 11.4 Å². The van der Waals surface area contributed by atoms with Crippen molar-refractivity contribution >= 4 is 23.3 Å². The molecule has 3 heterocycles. The first kappa shape index (κ1) is 23.4. The monoisotopic (exact) mass is 444 g/mol. The largest absolute Gasteiger partial charge is 0.356 e. The number of anilines is 1. The summed E-state index contributed by atoms with van der Waals surface area (Å²) < 4.78 is 0. The van der Waals surface area contributed by atoms with Gasteiger partial charge in [-0.3, -0.25) is 4.79 Å². The summed E-state index contributed by atoms with van der Waals surface area (Å²) in [5.74, 6) is 2.10. The highest BCUT2D eigenvalue weighted by atomic mass is 35.5. The Bertz CT molecular complexity index is 902. The van der Waals surface area contributed by atoms with Crippen molar-refractivity contribution in [1.82, 2.24) is 20.6 Å². The zero-order valence-corrected chi connectivity index (χ0v) is 19.4. The molecule has 1 aromatic heterocycles. The van der Waals surface area contributed by atoms with Gasteiger partial charge in [0.05, 0.1) is 5.92 Å². The van der Waals surface area contributed by atoms with E-state index in [4.69, 9.17) is 22.3 Å². The molecule has 31 heavy (non-hydrogen) atoms. The molecule has 1 atom stereocenters. The summed E-state index contributed by atoms with van der Waals surface area (Å²) >= 11 is 6.30. The van der Waals surface area contributed by atoms with Crippen LogP contribution in [0, 0.1) is 18.8 Å². The third-order valence-corrected chi connectivity index (χ3v) is 6.20. The van der Waals surface area contributed by atoms with Crippen molar-refractivity contribution in [3.05, 3.63) is 40.5 Å². The highest BCUT2D eigenvalue weighted by Crippen LogP contribution is 2.29. The van der Waals surface area contributed by atoms with E-state index in [-0.39, 0.29) is 11.8 Å². The second-order valence-electron chi connectivity index (χ2n) is 7.92. The van der Waals surface area contributed by atoms with Crippen molar-refractivity contribution in [3.63, 3.8) is 0 Å². The normalized spacial score (nSPS) is 18.2. The summed E-state index contributed by atoms with van der Waals surface area (Å²) in [5, 5.41) is 6.86. The van der Waals surface area contributed by atoms with Crippen LogP contribution in [0.3, 0.4) is 0 Å². The van der Waals surface area contributed by atoms with E-state index >= 15 is 0 Å². The van der Waals surface area contributed by atoms with E-state index in [2.05, 4.69) is 20.5 Å². The van der Waals surface area contributed by atoms with Gasteiger partial charge in [-0.15, -0.1) is 0 Å². The number of aryl methyl sites for hydroxylation is 1. The first-order valence-corrected chi connectivity index (χ1v) is 11.5. The second kappa shape index (κ2) is 10.9. The number of halogens is 1. The fraction of sp³-hybridized carbons (Fsp3) is 0.522. The maximum absolute atomic E-state index is 12.3. The average Bonchev–Trinajstić information content (AvgIpc) is 3.23. The van der Waals surface area contributed by atoms with Gasteiger partial charge in [0.25, 0.3) is 0 Å². The maximum Gasteiger partial charge on any atom is 0.225 e. The van der Waals surface area contributed by atoms with Crippen molar-refractivity contribution in [2.24, 2.45) is 17.6 Å². The maximum atomic E-state index is 12.3. The van der Waals surface area contributed by atoms with Gasteiger partial charge in [-0.2, -0.15) is 0 Å². The van der Waals surface area contributed by atoms with Gasteiger partial charge in [0.15, 0.2) is 5.82 Å². The quantitative estimate of drug-likeness (QED) is 0.634. The van der Waals surface area contributed by atoms with Crippen LogP contribution in [0.2, 0.25) is 5.02 Å². The third-order valence-electron chi connectivity index (χ3n) is 5.80. The Labute approximate surface area is 189 Å². The number of rotatable bonds is 6. The number of carbonyl (C=O) groups excluding carboxylic acids is 1. The van der Waals surface area contributed by atoms with Gasteiger partial charge in [-0.25, -0.2) is 9.97 Å². The van der Waals surface area contributed by atoms with Crippen LogP contribution in [-0.2, 0) is 11.3 Å². The number of nitrogens with zero attached hydrogens (tertiary/aromatic N) is 3. The van der Waals surface area contributed by atoms with Crippen molar-refractivity contribution in [2.75, 3.05) is 37.6 Å². The summed E-state index contributed by atoms with van der Waals surface area (Å²) in [6.45, 7) is 10.3. The number of hydrogen-bond acceptors (Lipinski definition) is 6. The zero-order valence-electron chi connectivity index (χ0n) is 18.6. The summed E-state index contributed by atoms with van der Waals surface area (Å²) in [6, 6.07) is 5.85. The van der Waals surface area contributed by atoms with Crippen LogP contribution >= 0.6 is 11.6 Å². The van der Waals surface area contributed by atoms with E-state index in [1.165, 1.54) is 0 Å². The summed E-state index contributed by atoms with van der Waals surface area (Å²) in [6.07, 6.45) is 2.87. The fourth-order valence-corrected chi connectivity index (χ4v) is 3.87. The predicted octanol–water partition coefficient (Wildman–Crippen LogP) is 2.75. The summed E-state index contributed by atoms with van der Waals surface area (Å²) in [7, 11) is 0. The molecule has 2 saturated heterocycles. The lowest BCUT2D eigenvalue weighted by Crippen LogP contribution is -2.50. The molecule has 0 spiro atoms. The van der Waals surface area contributed by atoms with Gasteiger partial charge >= 0.3 is 0 Å². The summed E-state index contributed by atoms with van der Waals surface area (Å²) in [5.41, 5.74) is 8.70. The van der Waals surface area contributed by atoms with E-state index in [0.717, 1.165) is 55.1 Å². The van der Waals surface area contributed by atoms with Crippen LogP contribution in [0.4, 0.5) is 5.82 Å². The molecule has 1 unspecified atom stereocenters. The van der Waals surface area contributed by atoms with E-state index in [1.54, 1.807) is 0 Å². The molecule has 8 heteroatoms. The molecule has 4 rings (SSSR count). The number of nitrogens with two attached hydrogens (primary N) is 1. The molecule has 7 nitrogen and oxygen atoms in total. The zero-order chi connectivity index (χ0) is 22.4. The van der Waals surface area contributed by atoms with Crippen LogP contribution in [0.15, 0.2) is 24.4 Å². The van der Waals surface area contributed by atoms with Crippen LogP contribution in [-0.4, -0.2) is 48.6 Å². The molecule has 4 N–H and O–H groups in total. The first-order valence-electron chi connectivity index (χ1n) is 11.1. The number of carbonyl (C=O) groups is 1. The van der Waals surface area contributed by atoms with Crippen molar-refractivity contribution < 1.29 is 4.79 Å². The predicted molar refractivity (Wildman–Crippen MR) is 126 cm³/mol. The molecule has 2 aliphatic rings.